The van der Waals surface area contributed by atoms with Crippen LogP contribution >= 0.6 is 11.6 Å². The van der Waals surface area contributed by atoms with Crippen LogP contribution in [0.3, 0.4) is 0 Å². The molecular weight excluding hydrogens is 433 g/mol. The maximum absolute atomic E-state index is 10.6. The summed E-state index contributed by atoms with van der Waals surface area (Å²) in [7, 11) is 1.71. The second kappa shape index (κ2) is 10.9. The number of methoxy groups -OCH3 is 1. The second-order valence-electron chi connectivity index (χ2n) is 6.46. The van der Waals surface area contributed by atoms with Crippen molar-refractivity contribution in [3.8, 4) is 17.0 Å². The molecule has 0 aliphatic heterocycles. The first kappa shape index (κ1) is 24.3. The summed E-state index contributed by atoms with van der Waals surface area (Å²) in [5, 5.41) is 7.86. The Hall–Kier alpha value is -3.00. The van der Waals surface area contributed by atoms with Gasteiger partial charge in [0.2, 0.25) is 0 Å². The molecule has 1 N–H and O–H groups in total. The summed E-state index contributed by atoms with van der Waals surface area (Å²) in [4.78, 5) is 13.5. The minimum atomic E-state index is -5.08. The quantitative estimate of drug-likeness (QED) is 0.522. The number of carboxylic acid groups (broad SMARTS) is 1. The van der Waals surface area contributed by atoms with Crippen LogP contribution in [0, 0.1) is 0 Å². The smallest absolute Gasteiger partial charge is 0.490 e. The number of aryl methyl sites for hydroxylation is 2. The first-order valence-corrected chi connectivity index (χ1v) is 9.77. The molecule has 5 nitrogen and oxygen atoms in total. The minimum Gasteiger partial charge on any atom is -0.496 e. The highest BCUT2D eigenvalue weighted by Crippen LogP contribution is 2.26. The van der Waals surface area contributed by atoms with Gasteiger partial charge in [-0.25, -0.2) is 9.78 Å². The Balaban J connectivity index is 0.000000423. The number of aromatic nitrogens is 2. The van der Waals surface area contributed by atoms with Crippen LogP contribution in [0.1, 0.15) is 18.2 Å². The Kier molecular flexibility index (Phi) is 8.50. The Labute approximate surface area is 183 Å². The summed E-state index contributed by atoms with van der Waals surface area (Å²) in [5.41, 5.74) is 4.52. The van der Waals surface area contributed by atoms with Crippen LogP contribution in [0.4, 0.5) is 13.2 Å². The number of hydrogen-bond acceptors (Lipinski definition) is 3. The Morgan fingerprint density at radius 1 is 1.19 bits per heavy atom. The van der Waals surface area contributed by atoms with E-state index in [2.05, 4.69) is 28.6 Å². The van der Waals surface area contributed by atoms with Crippen molar-refractivity contribution in [1.29, 1.82) is 0 Å². The molecule has 0 bridgehead atoms. The first-order chi connectivity index (χ1) is 14.7. The average molecular weight is 455 g/mol. The lowest BCUT2D eigenvalue weighted by molar-refractivity contribution is -0.192. The topological polar surface area (TPSA) is 64.4 Å². The molecule has 0 spiro atoms. The summed E-state index contributed by atoms with van der Waals surface area (Å²) >= 11 is 6.12. The number of imidazole rings is 1. The van der Waals surface area contributed by atoms with Crippen molar-refractivity contribution >= 4 is 17.6 Å². The van der Waals surface area contributed by atoms with E-state index in [-0.39, 0.29) is 0 Å². The SMILES string of the molecule is CCc1c(-c2cccc(Cl)c2)ncn1CCc1ccccc1OC.O=C(O)C(F)(F)F. The van der Waals surface area contributed by atoms with Gasteiger partial charge >= 0.3 is 12.1 Å². The molecule has 2 aromatic carbocycles. The minimum absolute atomic E-state index is 0.734. The molecule has 3 aromatic rings. The summed E-state index contributed by atoms with van der Waals surface area (Å²) < 4.78 is 39.4. The Morgan fingerprint density at radius 3 is 2.45 bits per heavy atom. The number of ether oxygens (including phenoxy) is 1. The molecular formula is C22H22ClF3N2O3. The molecule has 0 aliphatic carbocycles. The van der Waals surface area contributed by atoms with Gasteiger partial charge in [0.1, 0.15) is 5.75 Å². The van der Waals surface area contributed by atoms with Gasteiger partial charge in [-0.3, -0.25) is 0 Å². The van der Waals surface area contributed by atoms with Crippen molar-refractivity contribution in [1.82, 2.24) is 9.55 Å². The number of aliphatic carboxylic acids is 1. The normalized spacial score (nSPS) is 10.9. The maximum atomic E-state index is 10.6. The molecule has 0 saturated carbocycles. The van der Waals surface area contributed by atoms with Crippen LogP contribution in [0.25, 0.3) is 11.3 Å². The van der Waals surface area contributed by atoms with Gasteiger partial charge in [0, 0.05) is 22.8 Å². The van der Waals surface area contributed by atoms with Crippen molar-refractivity contribution in [2.75, 3.05) is 7.11 Å². The Bertz CT molecular complexity index is 1020. The summed E-state index contributed by atoms with van der Waals surface area (Å²) in [5.74, 6) is -1.82. The molecule has 0 unspecified atom stereocenters. The molecule has 166 valence electrons. The lowest BCUT2D eigenvalue weighted by atomic mass is 10.1. The summed E-state index contributed by atoms with van der Waals surface area (Å²) in [6.07, 6.45) is -1.33. The van der Waals surface area contributed by atoms with E-state index in [1.54, 1.807) is 7.11 Å². The molecule has 3 rings (SSSR count). The molecule has 0 radical (unpaired) electrons. The van der Waals surface area contributed by atoms with Gasteiger partial charge in [-0.1, -0.05) is 48.9 Å². The molecule has 0 amide bonds. The van der Waals surface area contributed by atoms with Gasteiger partial charge in [-0.15, -0.1) is 0 Å². The standard InChI is InChI=1S/C20H21ClN2O.C2HF3O2/c1-3-18-20(16-8-6-9-17(21)13-16)22-14-23(18)12-11-15-7-4-5-10-19(15)24-2;3-2(4,5)1(6)7/h4-10,13-14H,3,11-12H2,1-2H3;(H,6,7). The highest BCUT2D eigenvalue weighted by molar-refractivity contribution is 6.30. The third-order valence-corrected chi connectivity index (χ3v) is 4.67. The first-order valence-electron chi connectivity index (χ1n) is 9.39. The maximum Gasteiger partial charge on any atom is 0.490 e. The van der Waals surface area contributed by atoms with Gasteiger partial charge in [0.25, 0.3) is 0 Å². The number of halogens is 4. The largest absolute Gasteiger partial charge is 0.496 e. The van der Waals surface area contributed by atoms with E-state index in [1.807, 2.05) is 42.7 Å². The molecule has 0 atom stereocenters. The predicted molar refractivity (Wildman–Crippen MR) is 112 cm³/mol. The molecule has 0 saturated heterocycles. The number of carbonyl (C=O) groups is 1. The Morgan fingerprint density at radius 2 is 1.87 bits per heavy atom. The van der Waals surface area contributed by atoms with E-state index in [9.17, 15) is 13.2 Å². The number of alkyl halides is 3. The van der Waals surface area contributed by atoms with E-state index in [1.165, 1.54) is 11.3 Å². The molecule has 0 aliphatic rings. The van der Waals surface area contributed by atoms with E-state index < -0.39 is 12.1 Å². The number of carboxylic acids is 1. The van der Waals surface area contributed by atoms with Crippen LogP contribution in [0.5, 0.6) is 5.75 Å². The number of rotatable bonds is 6. The molecule has 1 heterocycles. The fourth-order valence-electron chi connectivity index (χ4n) is 3.00. The van der Waals surface area contributed by atoms with E-state index in [4.69, 9.17) is 26.2 Å². The number of nitrogens with zero attached hydrogens (tertiary/aromatic N) is 2. The zero-order valence-electron chi connectivity index (χ0n) is 17.0. The molecule has 1 aromatic heterocycles. The molecule has 9 heteroatoms. The zero-order chi connectivity index (χ0) is 23.0. The van der Waals surface area contributed by atoms with Crippen molar-refractivity contribution < 1.29 is 27.8 Å². The zero-order valence-corrected chi connectivity index (χ0v) is 17.7. The van der Waals surface area contributed by atoms with Gasteiger partial charge in [0.15, 0.2) is 0 Å². The van der Waals surface area contributed by atoms with Gasteiger partial charge in [-0.2, -0.15) is 13.2 Å². The fraction of sp³-hybridized carbons (Fsp3) is 0.273. The monoisotopic (exact) mass is 454 g/mol. The lowest BCUT2D eigenvalue weighted by Crippen LogP contribution is -2.21. The third-order valence-electron chi connectivity index (χ3n) is 4.44. The van der Waals surface area contributed by atoms with E-state index in [0.717, 1.165) is 41.4 Å². The molecule has 31 heavy (non-hydrogen) atoms. The number of para-hydroxylation sites is 1. The van der Waals surface area contributed by atoms with Crippen LogP contribution in [0.2, 0.25) is 5.02 Å². The molecule has 0 fully saturated rings. The van der Waals surface area contributed by atoms with Crippen LogP contribution in [0.15, 0.2) is 54.9 Å². The van der Waals surface area contributed by atoms with Gasteiger partial charge in [0.05, 0.1) is 19.1 Å². The van der Waals surface area contributed by atoms with Crippen LogP contribution < -0.4 is 4.74 Å². The second-order valence-corrected chi connectivity index (χ2v) is 6.90. The van der Waals surface area contributed by atoms with Gasteiger partial charge < -0.3 is 14.4 Å². The summed E-state index contributed by atoms with van der Waals surface area (Å²) in [6.45, 7) is 3.03. The summed E-state index contributed by atoms with van der Waals surface area (Å²) in [6, 6.07) is 16.0. The number of benzene rings is 2. The van der Waals surface area contributed by atoms with Crippen molar-refractivity contribution in [2.24, 2.45) is 0 Å². The average Bonchev–Trinajstić information content (AvgIpc) is 3.15. The number of hydrogen-bond donors (Lipinski definition) is 1. The van der Waals surface area contributed by atoms with Crippen molar-refractivity contribution in [2.45, 2.75) is 32.5 Å². The van der Waals surface area contributed by atoms with E-state index in [0.29, 0.717) is 0 Å². The third kappa shape index (κ3) is 6.75. The van der Waals surface area contributed by atoms with Gasteiger partial charge in [-0.05, 0) is 36.6 Å². The van der Waals surface area contributed by atoms with Crippen LogP contribution in [-0.4, -0.2) is 33.9 Å². The van der Waals surface area contributed by atoms with Crippen molar-refractivity contribution in [3.63, 3.8) is 0 Å². The highest BCUT2D eigenvalue weighted by Gasteiger charge is 2.38. The lowest BCUT2D eigenvalue weighted by Gasteiger charge is -2.11. The van der Waals surface area contributed by atoms with E-state index >= 15 is 0 Å². The highest BCUT2D eigenvalue weighted by atomic mass is 35.5. The van der Waals surface area contributed by atoms with Crippen molar-refractivity contribution in [3.05, 3.63) is 71.1 Å². The fourth-order valence-corrected chi connectivity index (χ4v) is 3.19. The van der Waals surface area contributed by atoms with Crippen LogP contribution in [-0.2, 0) is 24.2 Å². The predicted octanol–water partition coefficient (Wildman–Crippen LogP) is 5.65.